The monoisotopic (exact) mass is 229 g/mol. The van der Waals surface area contributed by atoms with E-state index < -0.39 is 5.82 Å². The van der Waals surface area contributed by atoms with E-state index in [-0.39, 0.29) is 11.5 Å². The smallest absolute Gasteiger partial charge is 0.231 e. The van der Waals surface area contributed by atoms with E-state index in [4.69, 9.17) is 10.2 Å². The third kappa shape index (κ3) is 1.61. The van der Waals surface area contributed by atoms with E-state index in [0.29, 0.717) is 16.9 Å². The minimum absolute atomic E-state index is 0.205. The van der Waals surface area contributed by atoms with Crippen molar-refractivity contribution in [3.63, 3.8) is 0 Å². The van der Waals surface area contributed by atoms with E-state index in [2.05, 4.69) is 9.97 Å². The molecule has 0 amide bonds. The van der Waals surface area contributed by atoms with Crippen LogP contribution < -0.4 is 5.73 Å². The zero-order valence-electron chi connectivity index (χ0n) is 8.72. The number of hydrogen-bond donors (Lipinski definition) is 1. The fourth-order valence-corrected chi connectivity index (χ4v) is 1.59. The van der Waals surface area contributed by atoms with Crippen LogP contribution in [0.4, 0.5) is 10.1 Å². The van der Waals surface area contributed by atoms with Crippen LogP contribution >= 0.6 is 0 Å². The van der Waals surface area contributed by atoms with E-state index in [1.165, 1.54) is 12.1 Å². The molecule has 0 unspecified atom stereocenters. The molecule has 0 fully saturated rings. The number of fused-ring (bicyclic) bond motifs is 1. The molecule has 4 nitrogen and oxygen atoms in total. The predicted molar refractivity (Wildman–Crippen MR) is 61.6 cm³/mol. The molecule has 17 heavy (non-hydrogen) atoms. The Kier molecular flexibility index (Phi) is 2.04. The highest BCUT2D eigenvalue weighted by Gasteiger charge is 2.12. The Morgan fingerprint density at radius 3 is 2.88 bits per heavy atom. The lowest BCUT2D eigenvalue weighted by Gasteiger charge is -1.98. The first-order valence-corrected chi connectivity index (χ1v) is 5.01. The van der Waals surface area contributed by atoms with Crippen molar-refractivity contribution in [2.45, 2.75) is 0 Å². The van der Waals surface area contributed by atoms with Crippen molar-refractivity contribution >= 4 is 16.9 Å². The third-order valence-electron chi connectivity index (χ3n) is 2.39. The van der Waals surface area contributed by atoms with Crippen molar-refractivity contribution in [3.05, 3.63) is 42.3 Å². The Labute approximate surface area is 95.9 Å². The van der Waals surface area contributed by atoms with E-state index >= 15 is 0 Å². The maximum absolute atomic E-state index is 13.7. The van der Waals surface area contributed by atoms with Gasteiger partial charge in [0.25, 0.3) is 0 Å². The lowest BCUT2D eigenvalue weighted by Crippen LogP contribution is -1.89. The Hall–Kier alpha value is -2.43. The van der Waals surface area contributed by atoms with Gasteiger partial charge in [-0.15, -0.1) is 0 Å². The van der Waals surface area contributed by atoms with Gasteiger partial charge in [-0.3, -0.25) is 0 Å². The molecule has 3 rings (SSSR count). The number of aromatic nitrogens is 2. The van der Waals surface area contributed by atoms with Gasteiger partial charge >= 0.3 is 0 Å². The van der Waals surface area contributed by atoms with E-state index in [1.54, 1.807) is 24.4 Å². The number of anilines is 1. The summed E-state index contributed by atoms with van der Waals surface area (Å²) in [5, 5.41) is 0. The number of nitrogens with two attached hydrogens (primary N) is 1. The molecule has 0 aliphatic heterocycles. The van der Waals surface area contributed by atoms with Crippen LogP contribution in [0.2, 0.25) is 0 Å². The summed E-state index contributed by atoms with van der Waals surface area (Å²) >= 11 is 0. The second-order valence-electron chi connectivity index (χ2n) is 3.58. The lowest BCUT2D eigenvalue weighted by molar-refractivity contribution is 0.594. The highest BCUT2D eigenvalue weighted by molar-refractivity contribution is 5.72. The normalized spacial score (nSPS) is 10.9. The maximum atomic E-state index is 13.7. The van der Waals surface area contributed by atoms with Crippen molar-refractivity contribution < 1.29 is 8.81 Å². The topological polar surface area (TPSA) is 64.9 Å². The van der Waals surface area contributed by atoms with E-state index in [1.807, 2.05) is 0 Å². The summed E-state index contributed by atoms with van der Waals surface area (Å²) in [6.07, 6.45) is 1.61. The quantitative estimate of drug-likeness (QED) is 0.651. The van der Waals surface area contributed by atoms with Crippen LogP contribution in [-0.4, -0.2) is 9.97 Å². The molecular weight excluding hydrogens is 221 g/mol. The molecule has 2 N–H and O–H groups in total. The van der Waals surface area contributed by atoms with Crippen molar-refractivity contribution in [2.75, 3.05) is 5.73 Å². The fourth-order valence-electron chi connectivity index (χ4n) is 1.59. The number of hydrogen-bond acceptors (Lipinski definition) is 4. The Balaban J connectivity index is 2.20. The van der Waals surface area contributed by atoms with E-state index in [9.17, 15) is 4.39 Å². The SMILES string of the molecule is Nc1ccc(-c2nc3ncccc3o2)c(F)c1. The minimum atomic E-state index is -0.462. The van der Waals surface area contributed by atoms with Gasteiger partial charge in [0.05, 0.1) is 5.56 Å². The van der Waals surface area contributed by atoms with Gasteiger partial charge in [-0.05, 0) is 30.3 Å². The Morgan fingerprint density at radius 2 is 2.12 bits per heavy atom. The van der Waals surface area contributed by atoms with Crippen molar-refractivity contribution in [2.24, 2.45) is 0 Å². The summed E-state index contributed by atoms with van der Waals surface area (Å²) < 4.78 is 19.1. The van der Waals surface area contributed by atoms with Crippen LogP contribution in [0.25, 0.3) is 22.7 Å². The zero-order valence-corrected chi connectivity index (χ0v) is 8.72. The molecular formula is C12H8FN3O. The molecule has 0 spiro atoms. The van der Waals surface area contributed by atoms with Crippen LogP contribution in [0, 0.1) is 5.82 Å². The van der Waals surface area contributed by atoms with Crippen LogP contribution in [0.1, 0.15) is 0 Å². The molecule has 0 aliphatic carbocycles. The highest BCUT2D eigenvalue weighted by atomic mass is 19.1. The van der Waals surface area contributed by atoms with Crippen LogP contribution in [0.3, 0.4) is 0 Å². The van der Waals surface area contributed by atoms with Gasteiger partial charge in [-0.1, -0.05) is 0 Å². The van der Waals surface area contributed by atoms with Gasteiger partial charge in [0, 0.05) is 11.9 Å². The first kappa shape index (κ1) is 9.77. The molecule has 2 heterocycles. The molecule has 0 atom stereocenters. The predicted octanol–water partition coefficient (Wildman–Crippen LogP) is 2.61. The molecule has 2 aromatic heterocycles. The number of halogens is 1. The van der Waals surface area contributed by atoms with Crippen LogP contribution in [0.15, 0.2) is 40.9 Å². The summed E-state index contributed by atoms with van der Waals surface area (Å²) in [5.41, 5.74) is 7.10. The summed E-state index contributed by atoms with van der Waals surface area (Å²) in [7, 11) is 0. The van der Waals surface area contributed by atoms with Crippen molar-refractivity contribution in [3.8, 4) is 11.5 Å². The average molecular weight is 229 g/mol. The molecule has 0 radical (unpaired) electrons. The fraction of sp³-hybridized carbons (Fsp3) is 0. The average Bonchev–Trinajstić information content (AvgIpc) is 2.72. The molecule has 0 bridgehead atoms. The van der Waals surface area contributed by atoms with Gasteiger partial charge < -0.3 is 10.2 Å². The number of nitrogens with zero attached hydrogens (tertiary/aromatic N) is 2. The first-order valence-electron chi connectivity index (χ1n) is 5.01. The molecule has 0 saturated carbocycles. The lowest BCUT2D eigenvalue weighted by atomic mass is 10.2. The van der Waals surface area contributed by atoms with Crippen LogP contribution in [0.5, 0.6) is 0 Å². The third-order valence-corrected chi connectivity index (χ3v) is 2.39. The standard InChI is InChI=1S/C12H8FN3O/c13-9-6-7(14)3-4-8(9)12-16-11-10(17-12)2-1-5-15-11/h1-6H,14H2. The van der Waals surface area contributed by atoms with Gasteiger partial charge in [-0.25, -0.2) is 9.37 Å². The molecule has 0 aliphatic rings. The Morgan fingerprint density at radius 1 is 1.24 bits per heavy atom. The minimum Gasteiger partial charge on any atom is -0.434 e. The largest absolute Gasteiger partial charge is 0.434 e. The molecule has 1 aromatic carbocycles. The maximum Gasteiger partial charge on any atom is 0.231 e. The summed E-state index contributed by atoms with van der Waals surface area (Å²) in [6, 6.07) is 7.83. The zero-order chi connectivity index (χ0) is 11.8. The number of oxazole rings is 1. The van der Waals surface area contributed by atoms with Gasteiger partial charge in [-0.2, -0.15) is 4.98 Å². The number of nitrogen functional groups attached to an aromatic ring is 1. The highest BCUT2D eigenvalue weighted by Crippen LogP contribution is 2.26. The van der Waals surface area contributed by atoms with Gasteiger partial charge in [0.2, 0.25) is 5.89 Å². The number of pyridine rings is 1. The summed E-state index contributed by atoms with van der Waals surface area (Å²) in [6.45, 7) is 0. The molecule has 5 heteroatoms. The molecule has 0 saturated heterocycles. The number of rotatable bonds is 1. The first-order chi connectivity index (χ1) is 8.24. The Bertz CT molecular complexity index is 660. The number of benzene rings is 1. The second kappa shape index (κ2) is 3.55. The molecule has 3 aromatic rings. The molecule has 84 valence electrons. The van der Waals surface area contributed by atoms with Gasteiger partial charge in [0.1, 0.15) is 5.82 Å². The summed E-state index contributed by atoms with van der Waals surface area (Å²) in [5.74, 6) is -0.257. The summed E-state index contributed by atoms with van der Waals surface area (Å²) in [4.78, 5) is 8.14. The van der Waals surface area contributed by atoms with E-state index in [0.717, 1.165) is 0 Å². The second-order valence-corrected chi connectivity index (χ2v) is 3.58. The van der Waals surface area contributed by atoms with Crippen molar-refractivity contribution in [1.82, 2.24) is 9.97 Å². The van der Waals surface area contributed by atoms with Crippen LogP contribution in [-0.2, 0) is 0 Å². The van der Waals surface area contributed by atoms with Crippen molar-refractivity contribution in [1.29, 1.82) is 0 Å². The van der Waals surface area contributed by atoms with Gasteiger partial charge in [0.15, 0.2) is 11.2 Å².